The number of nitrogens with one attached hydrogen (secondary N) is 2. The van der Waals surface area contributed by atoms with Crippen LogP contribution in [0.4, 0.5) is 21.6 Å². The van der Waals surface area contributed by atoms with E-state index in [1.165, 1.54) is 24.5 Å². The maximum atomic E-state index is 13.6. The summed E-state index contributed by atoms with van der Waals surface area (Å²) in [5.74, 6) is -0.0682. The second-order valence-corrected chi connectivity index (χ2v) is 6.06. The smallest absolute Gasteiger partial charge is 0.247 e. The zero-order valence-electron chi connectivity index (χ0n) is 15.7. The number of rotatable bonds is 7. The van der Waals surface area contributed by atoms with Crippen LogP contribution in [0.25, 0.3) is 10.9 Å². The highest BCUT2D eigenvalue weighted by atomic mass is 19.1. The molecule has 3 aromatic rings. The van der Waals surface area contributed by atoms with E-state index in [1.54, 1.807) is 18.2 Å². The maximum absolute atomic E-state index is 13.6. The highest BCUT2D eigenvalue weighted by Gasteiger charge is 2.13. The van der Waals surface area contributed by atoms with Crippen molar-refractivity contribution in [3.05, 3.63) is 60.7 Å². The zero-order chi connectivity index (χ0) is 20.8. The summed E-state index contributed by atoms with van der Waals surface area (Å²) in [6.45, 7) is 5.92. The summed E-state index contributed by atoms with van der Waals surface area (Å²) in [4.78, 5) is 20.3. The van der Waals surface area contributed by atoms with E-state index >= 15 is 0 Å². The van der Waals surface area contributed by atoms with Gasteiger partial charge in [0.1, 0.15) is 29.8 Å². The number of hydrogen-bond acceptors (Lipinski definition) is 6. The molecule has 0 fully saturated rings. The Morgan fingerprint density at radius 3 is 2.90 bits per heavy atom. The van der Waals surface area contributed by atoms with Crippen LogP contribution < -0.4 is 15.4 Å². The summed E-state index contributed by atoms with van der Waals surface area (Å²) in [5, 5.41) is 15.4. The van der Waals surface area contributed by atoms with Gasteiger partial charge in [-0.2, -0.15) is 5.26 Å². The van der Waals surface area contributed by atoms with Gasteiger partial charge in [-0.15, -0.1) is 0 Å². The SMILES string of the molecule is C=CC(=O)Nc1cc2c(Nc3ccc(F)c(C#N)c3)ncnc2cc1OCCC. The summed E-state index contributed by atoms with van der Waals surface area (Å²) in [6, 6.07) is 9.30. The molecule has 0 unspecified atom stereocenters. The lowest BCUT2D eigenvalue weighted by molar-refractivity contribution is -0.111. The molecule has 1 amide bonds. The van der Waals surface area contributed by atoms with Crippen molar-refractivity contribution >= 4 is 34.0 Å². The van der Waals surface area contributed by atoms with Crippen molar-refractivity contribution in [1.82, 2.24) is 9.97 Å². The van der Waals surface area contributed by atoms with Crippen molar-refractivity contribution in [3.8, 4) is 11.8 Å². The van der Waals surface area contributed by atoms with E-state index in [2.05, 4.69) is 27.2 Å². The van der Waals surface area contributed by atoms with Crippen molar-refractivity contribution in [3.63, 3.8) is 0 Å². The van der Waals surface area contributed by atoms with Gasteiger partial charge in [0.15, 0.2) is 0 Å². The monoisotopic (exact) mass is 391 g/mol. The van der Waals surface area contributed by atoms with Crippen molar-refractivity contribution in [1.29, 1.82) is 5.26 Å². The third kappa shape index (κ3) is 4.47. The van der Waals surface area contributed by atoms with Crippen molar-refractivity contribution in [2.75, 3.05) is 17.2 Å². The number of nitrogens with zero attached hydrogens (tertiary/aromatic N) is 3. The molecule has 7 nitrogen and oxygen atoms in total. The highest BCUT2D eigenvalue weighted by Crippen LogP contribution is 2.33. The second kappa shape index (κ2) is 8.80. The number of amides is 1. The summed E-state index contributed by atoms with van der Waals surface area (Å²) in [6.07, 6.45) is 3.34. The lowest BCUT2D eigenvalue weighted by atomic mass is 10.1. The Morgan fingerprint density at radius 1 is 1.34 bits per heavy atom. The Bertz CT molecular complexity index is 1120. The van der Waals surface area contributed by atoms with Crippen LogP contribution in [0.5, 0.6) is 5.75 Å². The highest BCUT2D eigenvalue weighted by molar-refractivity contribution is 6.03. The molecule has 29 heavy (non-hydrogen) atoms. The van der Waals surface area contributed by atoms with Gasteiger partial charge in [0.25, 0.3) is 0 Å². The van der Waals surface area contributed by atoms with Gasteiger partial charge >= 0.3 is 0 Å². The Hall–Kier alpha value is -3.99. The topological polar surface area (TPSA) is 99.9 Å². The summed E-state index contributed by atoms with van der Waals surface area (Å²) in [5.41, 5.74) is 1.45. The van der Waals surface area contributed by atoms with Crippen molar-refractivity contribution < 1.29 is 13.9 Å². The third-order valence-electron chi connectivity index (χ3n) is 3.99. The molecule has 146 valence electrons. The average molecular weight is 391 g/mol. The number of aromatic nitrogens is 2. The fraction of sp³-hybridized carbons (Fsp3) is 0.143. The molecule has 0 aliphatic rings. The average Bonchev–Trinajstić information content (AvgIpc) is 2.73. The van der Waals surface area contributed by atoms with Crippen LogP contribution >= 0.6 is 0 Å². The summed E-state index contributed by atoms with van der Waals surface area (Å²) >= 11 is 0. The van der Waals surface area contributed by atoms with E-state index in [4.69, 9.17) is 10.00 Å². The Morgan fingerprint density at radius 2 is 2.17 bits per heavy atom. The molecule has 2 N–H and O–H groups in total. The minimum Gasteiger partial charge on any atom is -0.491 e. The molecular weight excluding hydrogens is 373 g/mol. The molecule has 1 aromatic heterocycles. The van der Waals surface area contributed by atoms with Gasteiger partial charge in [-0.3, -0.25) is 4.79 Å². The third-order valence-corrected chi connectivity index (χ3v) is 3.99. The first-order valence-electron chi connectivity index (χ1n) is 8.87. The Labute approximate surface area is 166 Å². The molecular formula is C21H18FN5O2. The molecule has 0 bridgehead atoms. The van der Waals surface area contributed by atoms with E-state index in [0.717, 1.165) is 12.5 Å². The number of anilines is 3. The van der Waals surface area contributed by atoms with Crippen LogP contribution in [0.3, 0.4) is 0 Å². The molecule has 0 saturated heterocycles. The van der Waals surface area contributed by atoms with Crippen LogP contribution in [0, 0.1) is 17.1 Å². The summed E-state index contributed by atoms with van der Waals surface area (Å²) in [7, 11) is 0. The molecule has 1 heterocycles. The van der Waals surface area contributed by atoms with E-state index in [0.29, 0.717) is 40.5 Å². The molecule has 2 aromatic carbocycles. The van der Waals surface area contributed by atoms with Crippen LogP contribution in [-0.2, 0) is 4.79 Å². The van der Waals surface area contributed by atoms with Crippen LogP contribution in [0.2, 0.25) is 0 Å². The normalized spacial score (nSPS) is 10.2. The Balaban J connectivity index is 2.06. The van der Waals surface area contributed by atoms with Crippen molar-refractivity contribution in [2.24, 2.45) is 0 Å². The van der Waals surface area contributed by atoms with Crippen LogP contribution in [0.1, 0.15) is 18.9 Å². The number of hydrogen-bond donors (Lipinski definition) is 2. The predicted octanol–water partition coefficient (Wildman–Crippen LogP) is 4.30. The molecule has 0 atom stereocenters. The number of halogens is 1. The zero-order valence-corrected chi connectivity index (χ0v) is 15.7. The van der Waals surface area contributed by atoms with Gasteiger partial charge in [-0.25, -0.2) is 14.4 Å². The minimum absolute atomic E-state index is 0.0810. The van der Waals surface area contributed by atoms with Crippen molar-refractivity contribution in [2.45, 2.75) is 13.3 Å². The quantitative estimate of drug-likeness (QED) is 0.583. The number of fused-ring (bicyclic) bond motifs is 1. The number of ether oxygens (including phenoxy) is 1. The number of benzene rings is 2. The number of nitriles is 1. The first-order valence-corrected chi connectivity index (χ1v) is 8.87. The van der Waals surface area contributed by atoms with Gasteiger partial charge < -0.3 is 15.4 Å². The maximum Gasteiger partial charge on any atom is 0.247 e. The van der Waals surface area contributed by atoms with Gasteiger partial charge in [-0.05, 0) is 36.8 Å². The fourth-order valence-corrected chi connectivity index (χ4v) is 2.62. The second-order valence-electron chi connectivity index (χ2n) is 6.06. The van der Waals surface area contributed by atoms with E-state index in [1.807, 2.05) is 6.92 Å². The lowest BCUT2D eigenvalue weighted by Crippen LogP contribution is -2.10. The fourth-order valence-electron chi connectivity index (χ4n) is 2.62. The minimum atomic E-state index is -0.599. The molecule has 0 radical (unpaired) electrons. The first-order chi connectivity index (χ1) is 14.0. The van der Waals surface area contributed by atoms with Crippen LogP contribution in [0.15, 0.2) is 49.3 Å². The Kier molecular flexibility index (Phi) is 6.00. The first kappa shape index (κ1) is 19.8. The molecule has 3 rings (SSSR count). The van der Waals surface area contributed by atoms with Gasteiger partial charge in [0, 0.05) is 17.1 Å². The van der Waals surface area contributed by atoms with Crippen LogP contribution in [-0.4, -0.2) is 22.5 Å². The molecule has 8 heteroatoms. The van der Waals surface area contributed by atoms with E-state index in [9.17, 15) is 9.18 Å². The number of carbonyl (C=O) groups excluding carboxylic acids is 1. The largest absolute Gasteiger partial charge is 0.491 e. The van der Waals surface area contributed by atoms with Gasteiger partial charge in [0.2, 0.25) is 5.91 Å². The number of carbonyl (C=O) groups is 1. The van der Waals surface area contributed by atoms with Gasteiger partial charge in [-0.1, -0.05) is 13.5 Å². The molecule has 0 saturated carbocycles. The van der Waals surface area contributed by atoms with E-state index < -0.39 is 5.82 Å². The van der Waals surface area contributed by atoms with Gasteiger partial charge in [0.05, 0.1) is 23.4 Å². The molecule has 0 spiro atoms. The lowest BCUT2D eigenvalue weighted by Gasteiger charge is -2.14. The standard InChI is InChI=1S/C21H18FN5O2/c1-3-7-29-19-10-17-15(9-18(19)27-20(28)4-2)21(25-12-24-17)26-14-5-6-16(22)13(8-14)11-23/h4-6,8-10,12H,2-3,7H2,1H3,(H,27,28)(H,24,25,26). The van der Waals surface area contributed by atoms with E-state index in [-0.39, 0.29) is 11.5 Å². The summed E-state index contributed by atoms with van der Waals surface area (Å²) < 4.78 is 19.3. The molecule has 0 aliphatic heterocycles. The molecule has 0 aliphatic carbocycles. The predicted molar refractivity (Wildman–Crippen MR) is 109 cm³/mol.